The van der Waals surface area contributed by atoms with Crippen LogP contribution in [0.5, 0.6) is 0 Å². The molecule has 1 atom stereocenters. The maximum Gasteiger partial charge on any atom is 0.0963 e. The molecule has 0 bridgehead atoms. The van der Waals surface area contributed by atoms with E-state index in [0.29, 0.717) is 12.3 Å². The lowest BCUT2D eigenvalue weighted by molar-refractivity contribution is 0.677. The summed E-state index contributed by atoms with van der Waals surface area (Å²) >= 11 is 0. The second kappa shape index (κ2) is 5.51. The van der Waals surface area contributed by atoms with Crippen LogP contribution in [0.1, 0.15) is 11.1 Å². The zero-order chi connectivity index (χ0) is 13.1. The van der Waals surface area contributed by atoms with Crippen molar-refractivity contribution in [2.24, 2.45) is 0 Å². The average Bonchev–Trinajstić information content (AvgIpc) is 2.49. The predicted octanol–water partition coefficient (Wildman–Crippen LogP) is 2.86. The van der Waals surface area contributed by atoms with Gasteiger partial charge in [-0.1, -0.05) is 60.7 Å². The summed E-state index contributed by atoms with van der Waals surface area (Å²) in [5, 5.41) is 0. The lowest BCUT2D eigenvalue weighted by Crippen LogP contribution is -2.28. The van der Waals surface area contributed by atoms with Gasteiger partial charge in [0.25, 0.3) is 0 Å². The largest absolute Gasteiger partial charge is 0.243 e. The normalized spacial score (nSPS) is 19.5. The number of hydrogen-bond acceptors (Lipinski definition) is 1. The minimum Gasteiger partial charge on any atom is -0.243 e. The van der Waals surface area contributed by atoms with Gasteiger partial charge >= 0.3 is 0 Å². The molecule has 0 radical (unpaired) electrons. The molecule has 1 heterocycles. The van der Waals surface area contributed by atoms with Crippen LogP contribution >= 0.6 is 0 Å². The molecular weight excluding hydrogens is 254 g/mol. The van der Waals surface area contributed by atoms with Crippen molar-refractivity contribution in [3.8, 4) is 0 Å². The van der Waals surface area contributed by atoms with Gasteiger partial charge < -0.3 is 0 Å². The Morgan fingerprint density at radius 3 is 1.89 bits per heavy atom. The maximum atomic E-state index is 11.8. The van der Waals surface area contributed by atoms with Crippen molar-refractivity contribution < 1.29 is 4.21 Å². The molecule has 1 aliphatic heterocycles. The number of hydrogen-bond donors (Lipinski definition) is 1. The lowest BCUT2D eigenvalue weighted by Gasteiger charge is -2.21. The Bertz CT molecular complexity index is 620. The molecule has 2 aromatic carbocycles. The molecule has 0 aromatic heterocycles. The molecule has 3 heteroatoms. The molecule has 0 amide bonds. The maximum absolute atomic E-state index is 11.8. The van der Waals surface area contributed by atoms with Gasteiger partial charge in [0.15, 0.2) is 0 Å². The van der Waals surface area contributed by atoms with E-state index in [0.717, 1.165) is 5.56 Å². The zero-order valence-corrected chi connectivity index (χ0v) is 11.3. The molecular formula is C16H15NOS. The summed E-state index contributed by atoms with van der Waals surface area (Å²) in [6, 6.07) is 20.5. The van der Waals surface area contributed by atoms with Crippen molar-refractivity contribution in [3.63, 3.8) is 0 Å². The van der Waals surface area contributed by atoms with Gasteiger partial charge in [-0.25, -0.2) is 8.93 Å². The highest BCUT2D eigenvalue weighted by Crippen LogP contribution is 2.28. The van der Waals surface area contributed by atoms with Crippen molar-refractivity contribution >= 4 is 22.1 Å². The van der Waals surface area contributed by atoms with E-state index >= 15 is 0 Å². The first-order chi connectivity index (χ1) is 9.34. The Morgan fingerprint density at radius 2 is 1.32 bits per heavy atom. The van der Waals surface area contributed by atoms with Gasteiger partial charge in [-0.2, -0.15) is 0 Å². The summed E-state index contributed by atoms with van der Waals surface area (Å²) in [6.45, 7) is 0.654. The zero-order valence-electron chi connectivity index (χ0n) is 10.5. The fraction of sp³-hybridized carbons (Fsp3) is 0.125. The molecule has 2 aromatic rings. The summed E-state index contributed by atoms with van der Waals surface area (Å²) in [5.74, 6) is 0.564. The number of rotatable bonds is 2. The molecule has 0 spiro atoms. The van der Waals surface area contributed by atoms with E-state index < -0.39 is 11.0 Å². The standard InChI is InChI=1S/C16H15NOS/c18-19-12-16(14-9-5-2-6-10-14)15(11-17-19)13-7-3-1-4-8-13/h1-10,17H,11-12H2. The van der Waals surface area contributed by atoms with E-state index in [1.165, 1.54) is 16.7 Å². The van der Waals surface area contributed by atoms with Gasteiger partial charge in [-0.15, -0.1) is 0 Å². The highest BCUT2D eigenvalue weighted by Gasteiger charge is 2.19. The third-order valence-corrected chi connectivity index (χ3v) is 4.31. The monoisotopic (exact) mass is 269 g/mol. The third kappa shape index (κ3) is 2.67. The van der Waals surface area contributed by atoms with Crippen LogP contribution < -0.4 is 4.72 Å². The van der Waals surface area contributed by atoms with Crippen molar-refractivity contribution in [2.45, 2.75) is 0 Å². The first-order valence-corrected chi connectivity index (χ1v) is 7.61. The number of nitrogens with one attached hydrogen (secondary N) is 1. The van der Waals surface area contributed by atoms with Crippen molar-refractivity contribution in [2.75, 3.05) is 12.3 Å². The van der Waals surface area contributed by atoms with Crippen LogP contribution in [0.15, 0.2) is 60.7 Å². The van der Waals surface area contributed by atoms with Gasteiger partial charge in [0.05, 0.1) is 16.7 Å². The quantitative estimate of drug-likeness (QED) is 0.892. The summed E-state index contributed by atoms with van der Waals surface area (Å²) in [7, 11) is -0.973. The van der Waals surface area contributed by atoms with Crippen LogP contribution in [0.25, 0.3) is 11.1 Å². The fourth-order valence-electron chi connectivity index (χ4n) is 2.34. The number of benzene rings is 2. The molecule has 0 saturated carbocycles. The first kappa shape index (κ1) is 12.3. The molecule has 0 saturated heterocycles. The summed E-state index contributed by atoms with van der Waals surface area (Å²) < 4.78 is 14.8. The Morgan fingerprint density at radius 1 is 0.789 bits per heavy atom. The second-order valence-electron chi connectivity index (χ2n) is 4.50. The molecule has 96 valence electrons. The van der Waals surface area contributed by atoms with E-state index in [-0.39, 0.29) is 0 Å². The van der Waals surface area contributed by atoms with Crippen LogP contribution in [0, 0.1) is 0 Å². The van der Waals surface area contributed by atoms with Crippen LogP contribution in [0.4, 0.5) is 0 Å². The molecule has 0 fully saturated rings. The van der Waals surface area contributed by atoms with Crippen LogP contribution in [-0.2, 0) is 11.0 Å². The minimum absolute atomic E-state index is 0.564. The van der Waals surface area contributed by atoms with Gasteiger partial charge in [0, 0.05) is 6.54 Å². The Balaban J connectivity index is 2.13. The summed E-state index contributed by atoms with van der Waals surface area (Å²) in [4.78, 5) is 0. The van der Waals surface area contributed by atoms with Crippen molar-refractivity contribution in [3.05, 3.63) is 71.8 Å². The SMILES string of the molecule is O=S1CC(c2ccccc2)=C(c2ccccc2)CN1. The molecule has 1 unspecified atom stereocenters. The third-order valence-electron chi connectivity index (χ3n) is 3.29. The topological polar surface area (TPSA) is 29.1 Å². The fourth-order valence-corrected chi connectivity index (χ4v) is 3.35. The molecule has 19 heavy (non-hydrogen) atoms. The van der Waals surface area contributed by atoms with E-state index in [4.69, 9.17) is 0 Å². The highest BCUT2D eigenvalue weighted by atomic mass is 32.2. The lowest BCUT2D eigenvalue weighted by atomic mass is 9.95. The summed E-state index contributed by atoms with van der Waals surface area (Å²) in [6.07, 6.45) is 0. The van der Waals surface area contributed by atoms with Crippen LogP contribution in [0.3, 0.4) is 0 Å². The molecule has 1 N–H and O–H groups in total. The van der Waals surface area contributed by atoms with Crippen LogP contribution in [-0.4, -0.2) is 16.5 Å². The Hall–Kier alpha value is -1.71. The average molecular weight is 269 g/mol. The van der Waals surface area contributed by atoms with Gasteiger partial charge in [0.2, 0.25) is 0 Å². The van der Waals surface area contributed by atoms with Crippen molar-refractivity contribution in [1.82, 2.24) is 4.72 Å². The Kier molecular flexibility index (Phi) is 3.58. The minimum atomic E-state index is -0.973. The predicted molar refractivity (Wildman–Crippen MR) is 80.7 cm³/mol. The van der Waals surface area contributed by atoms with Crippen molar-refractivity contribution in [1.29, 1.82) is 0 Å². The van der Waals surface area contributed by atoms with E-state index in [9.17, 15) is 4.21 Å². The van der Waals surface area contributed by atoms with Crippen LogP contribution in [0.2, 0.25) is 0 Å². The first-order valence-electron chi connectivity index (χ1n) is 6.29. The molecule has 2 nitrogen and oxygen atoms in total. The highest BCUT2D eigenvalue weighted by molar-refractivity contribution is 7.83. The van der Waals surface area contributed by atoms with E-state index in [1.807, 2.05) is 36.4 Å². The molecule has 3 rings (SSSR count). The second-order valence-corrected chi connectivity index (χ2v) is 5.77. The summed E-state index contributed by atoms with van der Waals surface area (Å²) in [5.41, 5.74) is 4.79. The van der Waals surface area contributed by atoms with Gasteiger partial charge in [-0.3, -0.25) is 0 Å². The molecule has 0 aliphatic carbocycles. The van der Waals surface area contributed by atoms with Gasteiger partial charge in [-0.05, 0) is 22.3 Å². The smallest absolute Gasteiger partial charge is 0.0963 e. The van der Waals surface area contributed by atoms with Gasteiger partial charge in [0.1, 0.15) is 0 Å². The molecule has 1 aliphatic rings. The van der Waals surface area contributed by atoms with E-state index in [1.54, 1.807) is 0 Å². The Labute approximate surface area is 115 Å². The van der Waals surface area contributed by atoms with E-state index in [2.05, 4.69) is 29.0 Å².